The van der Waals surface area contributed by atoms with Crippen LogP contribution in [0.25, 0.3) is 0 Å². The van der Waals surface area contributed by atoms with Crippen LogP contribution in [0.3, 0.4) is 0 Å². The van der Waals surface area contributed by atoms with E-state index in [1.54, 1.807) is 0 Å². The number of nitrogen functional groups attached to an aromatic ring is 1. The summed E-state index contributed by atoms with van der Waals surface area (Å²) in [7, 11) is -3.02. The Morgan fingerprint density at radius 1 is 1.33 bits per heavy atom. The zero-order valence-electron chi connectivity index (χ0n) is 10.0. The van der Waals surface area contributed by atoms with E-state index in [1.807, 2.05) is 0 Å². The lowest BCUT2D eigenvalue weighted by molar-refractivity contribution is 0.589. The number of aryl methyl sites for hydroxylation is 1. The first-order chi connectivity index (χ1) is 8.55. The summed E-state index contributed by atoms with van der Waals surface area (Å²) in [6, 6.07) is 0. The van der Waals surface area contributed by atoms with Crippen LogP contribution in [0.15, 0.2) is 0 Å². The Labute approximate surface area is 106 Å². The molecule has 6 nitrogen and oxygen atoms in total. The van der Waals surface area contributed by atoms with E-state index in [0.29, 0.717) is 23.7 Å². The molecule has 0 aromatic carbocycles. The van der Waals surface area contributed by atoms with Gasteiger partial charge < -0.3 is 11.1 Å². The minimum atomic E-state index is -3.02. The van der Waals surface area contributed by atoms with Crippen LogP contribution >= 0.6 is 0 Å². The van der Waals surface area contributed by atoms with E-state index < -0.39 is 9.84 Å². The Hall–Kier alpha value is -1.21. The van der Waals surface area contributed by atoms with E-state index in [4.69, 9.17) is 5.73 Å². The number of aromatic nitrogens is 2. The van der Waals surface area contributed by atoms with Crippen LogP contribution in [0.5, 0.6) is 0 Å². The van der Waals surface area contributed by atoms with Crippen LogP contribution in [0.2, 0.25) is 0 Å². The van der Waals surface area contributed by atoms with Gasteiger partial charge in [-0.05, 0) is 13.0 Å². The predicted molar refractivity (Wildman–Crippen MR) is 67.9 cm³/mol. The Morgan fingerprint density at radius 3 is 2.89 bits per heavy atom. The number of rotatable bonds is 1. The summed E-state index contributed by atoms with van der Waals surface area (Å²) in [6.45, 7) is 1.84. The molecule has 1 fully saturated rings. The van der Waals surface area contributed by atoms with Crippen molar-refractivity contribution in [2.75, 3.05) is 24.6 Å². The highest BCUT2D eigenvalue weighted by molar-refractivity contribution is 7.90. The second-order valence-electron chi connectivity index (χ2n) is 4.92. The molecule has 2 aliphatic rings. The molecule has 0 radical (unpaired) electrons. The normalized spacial score (nSPS) is 25.9. The summed E-state index contributed by atoms with van der Waals surface area (Å²) in [5.74, 6) is 1.55. The highest BCUT2D eigenvalue weighted by Crippen LogP contribution is 2.27. The number of anilines is 1. The molecule has 0 bridgehead atoms. The zero-order chi connectivity index (χ0) is 12.8. The molecular weight excluding hydrogens is 252 g/mol. The van der Waals surface area contributed by atoms with E-state index in [2.05, 4.69) is 15.3 Å². The summed E-state index contributed by atoms with van der Waals surface area (Å²) in [5.41, 5.74) is 7.32. The summed E-state index contributed by atoms with van der Waals surface area (Å²) in [4.78, 5) is 8.82. The first-order valence-electron chi connectivity index (χ1n) is 6.11. The number of hydrogen-bond acceptors (Lipinski definition) is 6. The maximum absolute atomic E-state index is 11.6. The van der Waals surface area contributed by atoms with Crippen molar-refractivity contribution in [2.45, 2.75) is 24.5 Å². The smallest absolute Gasteiger partial charge is 0.155 e. The quantitative estimate of drug-likeness (QED) is 0.719. The maximum atomic E-state index is 11.6. The first-order valence-corrected chi connectivity index (χ1v) is 7.93. The van der Waals surface area contributed by atoms with Gasteiger partial charge in [0.15, 0.2) is 9.84 Å². The average molecular weight is 268 g/mol. The first kappa shape index (κ1) is 11.9. The molecule has 1 atom stereocenters. The lowest BCUT2D eigenvalue weighted by atomic mass is 10.1. The SMILES string of the molecule is Nc1nc(C2CCNC2)nc2c1CS(=O)(=O)CC2. The molecule has 1 saturated heterocycles. The lowest BCUT2D eigenvalue weighted by Crippen LogP contribution is -2.24. The Bertz CT molecular complexity index is 579. The van der Waals surface area contributed by atoms with Crippen LogP contribution in [0, 0.1) is 0 Å². The van der Waals surface area contributed by atoms with Crippen LogP contribution < -0.4 is 11.1 Å². The van der Waals surface area contributed by atoms with Crippen molar-refractivity contribution in [2.24, 2.45) is 0 Å². The monoisotopic (exact) mass is 268 g/mol. The van der Waals surface area contributed by atoms with Crippen molar-refractivity contribution >= 4 is 15.7 Å². The van der Waals surface area contributed by atoms with E-state index in [-0.39, 0.29) is 11.5 Å². The molecule has 0 amide bonds. The molecule has 2 aliphatic heterocycles. The molecule has 0 aliphatic carbocycles. The van der Waals surface area contributed by atoms with Gasteiger partial charge in [-0.1, -0.05) is 0 Å². The molecule has 1 aromatic heterocycles. The molecule has 18 heavy (non-hydrogen) atoms. The Morgan fingerprint density at radius 2 is 2.17 bits per heavy atom. The van der Waals surface area contributed by atoms with E-state index >= 15 is 0 Å². The van der Waals surface area contributed by atoms with Crippen molar-refractivity contribution in [3.63, 3.8) is 0 Å². The molecule has 1 aromatic rings. The molecule has 7 heteroatoms. The fourth-order valence-electron chi connectivity index (χ4n) is 2.54. The second kappa shape index (κ2) is 4.17. The van der Waals surface area contributed by atoms with E-state index in [0.717, 1.165) is 31.0 Å². The van der Waals surface area contributed by atoms with Crippen molar-refractivity contribution in [1.29, 1.82) is 0 Å². The number of nitrogens with two attached hydrogens (primary N) is 1. The summed E-state index contributed by atoms with van der Waals surface area (Å²) in [5, 5.41) is 3.27. The van der Waals surface area contributed by atoms with Crippen LogP contribution in [-0.4, -0.2) is 37.2 Å². The van der Waals surface area contributed by atoms with Gasteiger partial charge in [0, 0.05) is 24.4 Å². The highest BCUT2D eigenvalue weighted by Gasteiger charge is 2.28. The van der Waals surface area contributed by atoms with Gasteiger partial charge in [-0.15, -0.1) is 0 Å². The van der Waals surface area contributed by atoms with Crippen molar-refractivity contribution in [1.82, 2.24) is 15.3 Å². The highest BCUT2D eigenvalue weighted by atomic mass is 32.2. The molecule has 1 unspecified atom stereocenters. The van der Waals surface area contributed by atoms with Crippen molar-refractivity contribution in [3.8, 4) is 0 Å². The number of hydrogen-bond donors (Lipinski definition) is 2. The van der Waals surface area contributed by atoms with Gasteiger partial charge in [-0.3, -0.25) is 0 Å². The summed E-state index contributed by atoms with van der Waals surface area (Å²) in [6.07, 6.45) is 1.47. The number of sulfone groups is 1. The predicted octanol–water partition coefficient (Wildman–Crippen LogP) is -0.393. The fraction of sp³-hybridized carbons (Fsp3) is 0.636. The molecule has 98 valence electrons. The Kier molecular flexibility index (Phi) is 2.74. The average Bonchev–Trinajstić information content (AvgIpc) is 2.83. The van der Waals surface area contributed by atoms with Gasteiger partial charge in [0.1, 0.15) is 11.6 Å². The van der Waals surface area contributed by atoms with Gasteiger partial charge in [-0.25, -0.2) is 18.4 Å². The van der Waals surface area contributed by atoms with Gasteiger partial charge in [0.05, 0.1) is 17.2 Å². The minimum absolute atomic E-state index is 0.0165. The van der Waals surface area contributed by atoms with Crippen LogP contribution in [0.4, 0.5) is 5.82 Å². The molecule has 3 N–H and O–H groups in total. The van der Waals surface area contributed by atoms with Gasteiger partial charge in [0.25, 0.3) is 0 Å². The number of fused-ring (bicyclic) bond motifs is 1. The van der Waals surface area contributed by atoms with Gasteiger partial charge in [0.2, 0.25) is 0 Å². The Balaban J connectivity index is 2.00. The lowest BCUT2D eigenvalue weighted by Gasteiger charge is -2.19. The summed E-state index contributed by atoms with van der Waals surface area (Å²) >= 11 is 0. The van der Waals surface area contributed by atoms with Crippen LogP contribution in [-0.2, 0) is 22.0 Å². The van der Waals surface area contributed by atoms with Crippen molar-refractivity contribution < 1.29 is 8.42 Å². The van der Waals surface area contributed by atoms with E-state index in [1.165, 1.54) is 0 Å². The number of nitrogens with zero attached hydrogens (tertiary/aromatic N) is 2. The third kappa shape index (κ3) is 2.08. The van der Waals surface area contributed by atoms with E-state index in [9.17, 15) is 8.42 Å². The van der Waals surface area contributed by atoms with Gasteiger partial charge in [-0.2, -0.15) is 0 Å². The van der Waals surface area contributed by atoms with Gasteiger partial charge >= 0.3 is 0 Å². The molecular formula is C11H16N4O2S. The third-order valence-electron chi connectivity index (χ3n) is 3.58. The second-order valence-corrected chi connectivity index (χ2v) is 7.11. The largest absolute Gasteiger partial charge is 0.383 e. The van der Waals surface area contributed by atoms with Crippen molar-refractivity contribution in [3.05, 3.63) is 17.1 Å². The summed E-state index contributed by atoms with van der Waals surface area (Å²) < 4.78 is 23.2. The van der Waals surface area contributed by atoms with Crippen LogP contribution in [0.1, 0.15) is 29.4 Å². The number of nitrogens with one attached hydrogen (secondary N) is 1. The molecule has 0 saturated carbocycles. The minimum Gasteiger partial charge on any atom is -0.383 e. The standard InChI is InChI=1S/C11H16N4O2S/c12-10-8-6-18(16,17)4-2-9(8)14-11(15-10)7-1-3-13-5-7/h7,13H,1-6H2,(H2,12,14,15). The molecule has 3 heterocycles. The molecule has 0 spiro atoms. The zero-order valence-corrected chi connectivity index (χ0v) is 10.8. The third-order valence-corrected chi connectivity index (χ3v) is 5.14. The fourth-order valence-corrected chi connectivity index (χ4v) is 3.94. The maximum Gasteiger partial charge on any atom is 0.155 e. The topological polar surface area (TPSA) is 98.0 Å². The molecule has 3 rings (SSSR count).